The highest BCUT2D eigenvalue weighted by molar-refractivity contribution is 6.02. The van der Waals surface area contributed by atoms with Gasteiger partial charge in [-0.15, -0.1) is 5.10 Å². The lowest BCUT2D eigenvalue weighted by Crippen LogP contribution is -2.16. The molecule has 0 aliphatic carbocycles. The quantitative estimate of drug-likeness (QED) is 0.487. The van der Waals surface area contributed by atoms with E-state index in [4.69, 9.17) is 9.26 Å². The minimum absolute atomic E-state index is 0.153. The van der Waals surface area contributed by atoms with Crippen LogP contribution in [0, 0.1) is 20.8 Å². The molecular weight excluding hydrogens is 394 g/mol. The Balaban J connectivity index is 1.43. The van der Waals surface area contributed by atoms with Crippen LogP contribution in [-0.2, 0) is 13.2 Å². The molecule has 0 aliphatic rings. The Hall–Kier alpha value is -3.94. The Morgan fingerprint density at radius 3 is 2.65 bits per heavy atom. The summed E-state index contributed by atoms with van der Waals surface area (Å²) >= 11 is 0. The van der Waals surface area contributed by atoms with Crippen molar-refractivity contribution in [2.75, 3.05) is 5.32 Å². The van der Waals surface area contributed by atoms with Crippen LogP contribution >= 0.6 is 0 Å². The van der Waals surface area contributed by atoms with Gasteiger partial charge >= 0.3 is 0 Å². The van der Waals surface area contributed by atoms with Crippen LogP contribution < -0.4 is 10.1 Å². The number of aryl methyl sites for hydroxylation is 3. The molecule has 0 bridgehead atoms. The minimum atomic E-state index is -0.451. The number of anilines is 1. The molecule has 0 unspecified atom stereocenters. The Kier molecular flexibility index (Phi) is 5.79. The molecule has 0 saturated carbocycles. The van der Waals surface area contributed by atoms with Gasteiger partial charge in [0.2, 0.25) is 5.95 Å². The van der Waals surface area contributed by atoms with E-state index < -0.39 is 5.91 Å². The predicted octanol–water partition coefficient (Wildman–Crippen LogP) is 4.07. The standard InChI is InChI=1S/C23H23N5O3/c1-15-6-4-8-18(10-15)12-28-14-24-23(26-28)25-22(29)21-20(17(3)31-27-21)13-30-19-9-5-7-16(2)11-19/h4-11,14H,12-13H2,1-3H3,(H,25,26,29). The van der Waals surface area contributed by atoms with Gasteiger partial charge in [-0.1, -0.05) is 47.1 Å². The zero-order valence-corrected chi connectivity index (χ0v) is 17.6. The topological polar surface area (TPSA) is 95.1 Å². The first-order valence-corrected chi connectivity index (χ1v) is 9.89. The molecule has 2 aromatic carbocycles. The van der Waals surface area contributed by atoms with Crippen molar-refractivity contribution in [2.45, 2.75) is 33.9 Å². The first-order chi connectivity index (χ1) is 15.0. The average molecular weight is 417 g/mol. The van der Waals surface area contributed by atoms with Crippen molar-refractivity contribution in [1.29, 1.82) is 0 Å². The van der Waals surface area contributed by atoms with Crippen molar-refractivity contribution in [3.63, 3.8) is 0 Å². The van der Waals surface area contributed by atoms with Crippen LogP contribution in [0.3, 0.4) is 0 Å². The SMILES string of the molecule is Cc1cccc(Cn2cnc(NC(=O)c3noc(C)c3COc3cccc(C)c3)n2)c1. The Labute approximate surface area is 179 Å². The van der Waals surface area contributed by atoms with Crippen molar-refractivity contribution >= 4 is 11.9 Å². The van der Waals surface area contributed by atoms with E-state index in [-0.39, 0.29) is 18.2 Å². The molecule has 8 heteroatoms. The molecule has 0 radical (unpaired) electrons. The summed E-state index contributed by atoms with van der Waals surface area (Å²) in [5, 5.41) is 10.9. The number of nitrogens with zero attached hydrogens (tertiary/aromatic N) is 4. The molecule has 0 aliphatic heterocycles. The summed E-state index contributed by atoms with van der Waals surface area (Å²) in [4.78, 5) is 16.9. The number of carbonyl (C=O) groups is 1. The highest BCUT2D eigenvalue weighted by atomic mass is 16.5. The van der Waals surface area contributed by atoms with Gasteiger partial charge in [0.25, 0.3) is 5.91 Å². The first-order valence-electron chi connectivity index (χ1n) is 9.89. The summed E-state index contributed by atoms with van der Waals surface area (Å²) in [6.07, 6.45) is 1.58. The van der Waals surface area contributed by atoms with Crippen LogP contribution in [0.25, 0.3) is 0 Å². The second kappa shape index (κ2) is 8.83. The van der Waals surface area contributed by atoms with Gasteiger partial charge < -0.3 is 9.26 Å². The maximum atomic E-state index is 12.7. The van der Waals surface area contributed by atoms with E-state index in [1.54, 1.807) is 17.9 Å². The summed E-state index contributed by atoms with van der Waals surface area (Å²) in [5.74, 6) is 0.983. The molecule has 2 heterocycles. The van der Waals surface area contributed by atoms with Gasteiger partial charge in [0, 0.05) is 0 Å². The van der Waals surface area contributed by atoms with Crippen LogP contribution in [-0.4, -0.2) is 25.8 Å². The molecule has 4 rings (SSSR count). The average Bonchev–Trinajstić information content (AvgIpc) is 3.32. The number of ether oxygens (including phenoxy) is 1. The van der Waals surface area contributed by atoms with Crippen LogP contribution in [0.2, 0.25) is 0 Å². The Bertz CT molecular complexity index is 1210. The molecule has 0 atom stereocenters. The number of benzene rings is 2. The fraction of sp³-hybridized carbons (Fsp3) is 0.217. The molecule has 158 valence electrons. The van der Waals surface area contributed by atoms with Gasteiger partial charge in [-0.3, -0.25) is 10.1 Å². The smallest absolute Gasteiger partial charge is 0.280 e. The Morgan fingerprint density at radius 1 is 1.10 bits per heavy atom. The lowest BCUT2D eigenvalue weighted by atomic mass is 10.1. The lowest BCUT2D eigenvalue weighted by molar-refractivity contribution is 0.101. The van der Waals surface area contributed by atoms with Gasteiger partial charge in [-0.25, -0.2) is 9.67 Å². The summed E-state index contributed by atoms with van der Waals surface area (Å²) < 4.78 is 12.7. The molecule has 0 spiro atoms. The lowest BCUT2D eigenvalue weighted by Gasteiger charge is -2.07. The third-order valence-corrected chi connectivity index (χ3v) is 4.76. The summed E-state index contributed by atoms with van der Waals surface area (Å²) in [6.45, 7) is 6.49. The number of amides is 1. The zero-order chi connectivity index (χ0) is 21.8. The molecular formula is C23H23N5O3. The number of aromatic nitrogens is 4. The third kappa shape index (κ3) is 4.98. The van der Waals surface area contributed by atoms with E-state index in [0.29, 0.717) is 23.6 Å². The van der Waals surface area contributed by atoms with Gasteiger partial charge in [-0.05, 0) is 44.0 Å². The second-order valence-corrected chi connectivity index (χ2v) is 7.38. The summed E-state index contributed by atoms with van der Waals surface area (Å²) in [6, 6.07) is 15.8. The van der Waals surface area contributed by atoms with Gasteiger partial charge in [0.1, 0.15) is 24.4 Å². The summed E-state index contributed by atoms with van der Waals surface area (Å²) in [5.41, 5.74) is 4.10. The number of nitrogens with one attached hydrogen (secondary N) is 1. The van der Waals surface area contributed by atoms with E-state index in [9.17, 15) is 4.79 Å². The third-order valence-electron chi connectivity index (χ3n) is 4.76. The van der Waals surface area contributed by atoms with Crippen molar-refractivity contribution in [3.8, 4) is 5.75 Å². The number of hydrogen-bond acceptors (Lipinski definition) is 6. The fourth-order valence-corrected chi connectivity index (χ4v) is 3.19. The molecule has 8 nitrogen and oxygen atoms in total. The highest BCUT2D eigenvalue weighted by Gasteiger charge is 2.21. The van der Waals surface area contributed by atoms with Gasteiger partial charge in [0.15, 0.2) is 5.69 Å². The van der Waals surface area contributed by atoms with E-state index in [1.807, 2.05) is 56.3 Å². The maximum absolute atomic E-state index is 12.7. The van der Waals surface area contributed by atoms with Crippen LogP contribution in [0.4, 0.5) is 5.95 Å². The molecule has 0 saturated heterocycles. The number of hydrogen-bond donors (Lipinski definition) is 1. The second-order valence-electron chi connectivity index (χ2n) is 7.38. The maximum Gasteiger partial charge on any atom is 0.280 e. The van der Waals surface area contributed by atoms with Crippen molar-refractivity contribution < 1.29 is 14.1 Å². The minimum Gasteiger partial charge on any atom is -0.489 e. The number of carbonyl (C=O) groups excluding carboxylic acids is 1. The normalized spacial score (nSPS) is 10.8. The van der Waals surface area contributed by atoms with Crippen molar-refractivity contribution in [3.05, 3.63) is 88.6 Å². The first kappa shape index (κ1) is 20.3. The van der Waals surface area contributed by atoms with Crippen molar-refractivity contribution in [1.82, 2.24) is 19.9 Å². The molecule has 1 amide bonds. The summed E-state index contributed by atoms with van der Waals surface area (Å²) in [7, 11) is 0. The van der Waals surface area contributed by atoms with Crippen LogP contribution in [0.15, 0.2) is 59.4 Å². The van der Waals surface area contributed by atoms with E-state index in [0.717, 1.165) is 11.1 Å². The monoisotopic (exact) mass is 417 g/mol. The molecule has 1 N–H and O–H groups in total. The predicted molar refractivity (Wildman–Crippen MR) is 115 cm³/mol. The van der Waals surface area contributed by atoms with Gasteiger partial charge in [-0.2, -0.15) is 0 Å². The van der Waals surface area contributed by atoms with E-state index in [2.05, 4.69) is 26.6 Å². The molecule has 0 fully saturated rings. The molecule has 4 aromatic rings. The Morgan fingerprint density at radius 2 is 1.87 bits per heavy atom. The van der Waals surface area contributed by atoms with Crippen molar-refractivity contribution in [2.24, 2.45) is 0 Å². The van der Waals surface area contributed by atoms with Crippen LogP contribution in [0.5, 0.6) is 5.75 Å². The van der Waals surface area contributed by atoms with Crippen LogP contribution in [0.1, 0.15) is 38.5 Å². The largest absolute Gasteiger partial charge is 0.489 e. The van der Waals surface area contributed by atoms with E-state index in [1.165, 1.54) is 5.56 Å². The molecule has 2 aromatic heterocycles. The van der Waals surface area contributed by atoms with Gasteiger partial charge in [0.05, 0.1) is 12.1 Å². The highest BCUT2D eigenvalue weighted by Crippen LogP contribution is 2.19. The fourth-order valence-electron chi connectivity index (χ4n) is 3.19. The zero-order valence-electron chi connectivity index (χ0n) is 17.6. The number of rotatable bonds is 7. The van der Waals surface area contributed by atoms with E-state index >= 15 is 0 Å². The molecule has 31 heavy (non-hydrogen) atoms.